The molecule has 2 amide bonds. The van der Waals surface area contributed by atoms with Gasteiger partial charge in [0.1, 0.15) is 0 Å². The Bertz CT molecular complexity index is 1400. The monoisotopic (exact) mass is 565 g/mol. The van der Waals surface area contributed by atoms with Crippen LogP contribution in [0.25, 0.3) is 0 Å². The average molecular weight is 566 g/mol. The molecule has 0 aromatic heterocycles. The highest BCUT2D eigenvalue weighted by Crippen LogP contribution is 2.28. The fourth-order valence-electron chi connectivity index (χ4n) is 4.82. The molecule has 0 bridgehead atoms. The Morgan fingerprint density at radius 3 is 2.13 bits per heavy atom. The number of esters is 1. The number of ketones is 1. The molecule has 2 aliphatic heterocycles. The number of Topliss-reactive ketones (excluding diaryl/α,β-unsaturated/α-hetero) is 1. The molecule has 200 valence electrons. The molecule has 5 rings (SSSR count). The highest BCUT2D eigenvalue weighted by Gasteiger charge is 2.43. The maximum Gasteiger partial charge on any atom is 0.338 e. The largest absolute Gasteiger partial charge is 0.454 e. The zero-order valence-electron chi connectivity index (χ0n) is 20.9. The topological polar surface area (TPSA) is 87.2 Å². The van der Waals surface area contributed by atoms with Crippen LogP contribution in [0.2, 0.25) is 10.0 Å². The summed E-state index contributed by atoms with van der Waals surface area (Å²) in [5.41, 5.74) is 2.01. The SMILES string of the molecule is O=C(COC(=O)c1ccc(N2C(=O)CC(N3CCN(c4cccc(Cl)c4)CC3)C2=O)cc1)c1ccc(Cl)cc1. The second-order valence-electron chi connectivity index (χ2n) is 9.34. The number of anilines is 2. The smallest absolute Gasteiger partial charge is 0.338 e. The van der Waals surface area contributed by atoms with E-state index >= 15 is 0 Å². The molecule has 8 nitrogen and oxygen atoms in total. The molecule has 3 aromatic carbocycles. The first-order valence-electron chi connectivity index (χ1n) is 12.5. The summed E-state index contributed by atoms with van der Waals surface area (Å²) in [7, 11) is 0. The van der Waals surface area contributed by atoms with E-state index in [-0.39, 0.29) is 29.6 Å². The number of ether oxygens (including phenoxy) is 1. The van der Waals surface area contributed by atoms with Crippen LogP contribution in [0, 0.1) is 0 Å². The molecule has 0 spiro atoms. The number of piperazine rings is 1. The average Bonchev–Trinajstić information content (AvgIpc) is 3.25. The Hall–Kier alpha value is -3.72. The van der Waals surface area contributed by atoms with Crippen molar-refractivity contribution in [2.75, 3.05) is 42.6 Å². The maximum atomic E-state index is 13.3. The van der Waals surface area contributed by atoms with Crippen LogP contribution in [-0.4, -0.2) is 67.3 Å². The van der Waals surface area contributed by atoms with Crippen molar-refractivity contribution in [1.29, 1.82) is 0 Å². The maximum absolute atomic E-state index is 13.3. The summed E-state index contributed by atoms with van der Waals surface area (Å²) in [6.45, 7) is 2.30. The summed E-state index contributed by atoms with van der Waals surface area (Å²) in [6, 6.07) is 19.4. The molecular formula is C29H25Cl2N3O5. The normalized spacial score (nSPS) is 17.9. The minimum absolute atomic E-state index is 0.104. The fraction of sp³-hybridized carbons (Fsp3) is 0.241. The van der Waals surface area contributed by atoms with Gasteiger partial charge in [0, 0.05) is 47.5 Å². The minimum Gasteiger partial charge on any atom is -0.454 e. The molecule has 0 saturated carbocycles. The van der Waals surface area contributed by atoms with Crippen LogP contribution in [0.1, 0.15) is 27.1 Å². The summed E-state index contributed by atoms with van der Waals surface area (Å²) in [4.78, 5) is 56.2. The summed E-state index contributed by atoms with van der Waals surface area (Å²) in [5, 5.41) is 1.18. The van der Waals surface area contributed by atoms with E-state index in [0.29, 0.717) is 34.4 Å². The Morgan fingerprint density at radius 2 is 1.46 bits per heavy atom. The van der Waals surface area contributed by atoms with E-state index in [1.807, 2.05) is 29.2 Å². The molecule has 2 heterocycles. The minimum atomic E-state index is -0.682. The van der Waals surface area contributed by atoms with E-state index in [1.165, 1.54) is 29.2 Å². The summed E-state index contributed by atoms with van der Waals surface area (Å²) < 4.78 is 5.14. The molecule has 1 unspecified atom stereocenters. The lowest BCUT2D eigenvalue weighted by Gasteiger charge is -2.38. The number of halogens is 2. The van der Waals surface area contributed by atoms with Crippen LogP contribution in [0.5, 0.6) is 0 Å². The van der Waals surface area contributed by atoms with Crippen molar-refractivity contribution < 1.29 is 23.9 Å². The van der Waals surface area contributed by atoms with Gasteiger partial charge < -0.3 is 9.64 Å². The number of imide groups is 1. The number of carbonyl (C=O) groups excluding carboxylic acids is 4. The predicted octanol–water partition coefficient (Wildman–Crippen LogP) is 4.49. The number of amides is 2. The molecule has 2 fully saturated rings. The van der Waals surface area contributed by atoms with Gasteiger partial charge in [-0.2, -0.15) is 0 Å². The summed E-state index contributed by atoms with van der Waals surface area (Å²) in [5.74, 6) is -1.60. The fourth-order valence-corrected chi connectivity index (χ4v) is 5.13. The standard InChI is InChI=1S/C29H25Cl2N3O5/c30-21-8-4-19(5-9-21)26(35)18-39-29(38)20-6-10-23(11-7-20)34-27(36)17-25(28(34)37)33-14-12-32(13-15-33)24-3-1-2-22(31)16-24/h1-11,16,25H,12-15,17-18H2. The van der Waals surface area contributed by atoms with E-state index in [1.54, 1.807) is 24.3 Å². The molecule has 0 N–H and O–H groups in total. The number of carbonyl (C=O) groups is 4. The number of hydrogen-bond donors (Lipinski definition) is 0. The summed E-state index contributed by atoms with van der Waals surface area (Å²) in [6.07, 6.45) is 0.104. The molecular weight excluding hydrogens is 541 g/mol. The van der Waals surface area contributed by atoms with Crippen molar-refractivity contribution in [3.63, 3.8) is 0 Å². The van der Waals surface area contributed by atoms with Crippen molar-refractivity contribution in [3.05, 3.63) is 94.0 Å². The van der Waals surface area contributed by atoms with Crippen LogP contribution in [-0.2, 0) is 14.3 Å². The van der Waals surface area contributed by atoms with Gasteiger partial charge >= 0.3 is 5.97 Å². The highest BCUT2D eigenvalue weighted by atomic mass is 35.5. The Kier molecular flexibility index (Phi) is 7.97. The zero-order chi connectivity index (χ0) is 27.5. The van der Waals surface area contributed by atoms with Crippen molar-refractivity contribution >= 4 is 58.1 Å². The first-order chi connectivity index (χ1) is 18.8. The van der Waals surface area contributed by atoms with Gasteiger partial charge in [0.05, 0.1) is 23.7 Å². The number of benzene rings is 3. The number of rotatable bonds is 7. The van der Waals surface area contributed by atoms with Gasteiger partial charge in [0.15, 0.2) is 12.4 Å². The van der Waals surface area contributed by atoms with Gasteiger partial charge in [0.2, 0.25) is 5.91 Å². The lowest BCUT2D eigenvalue weighted by atomic mass is 10.1. The third-order valence-electron chi connectivity index (χ3n) is 6.91. The first-order valence-corrected chi connectivity index (χ1v) is 13.2. The van der Waals surface area contributed by atoms with E-state index < -0.39 is 18.6 Å². The quantitative estimate of drug-likeness (QED) is 0.237. The second-order valence-corrected chi connectivity index (χ2v) is 10.2. The van der Waals surface area contributed by atoms with Gasteiger partial charge in [-0.05, 0) is 66.7 Å². The van der Waals surface area contributed by atoms with Gasteiger partial charge in [-0.1, -0.05) is 29.3 Å². The van der Waals surface area contributed by atoms with E-state index in [4.69, 9.17) is 27.9 Å². The van der Waals surface area contributed by atoms with Crippen molar-refractivity contribution in [1.82, 2.24) is 4.90 Å². The number of hydrogen-bond acceptors (Lipinski definition) is 7. The lowest BCUT2D eigenvalue weighted by molar-refractivity contribution is -0.123. The molecule has 10 heteroatoms. The van der Waals surface area contributed by atoms with Gasteiger partial charge in [0.25, 0.3) is 5.91 Å². The number of nitrogens with zero attached hydrogens (tertiary/aromatic N) is 3. The Balaban J connectivity index is 1.17. The zero-order valence-corrected chi connectivity index (χ0v) is 22.4. The second kappa shape index (κ2) is 11.6. The first kappa shape index (κ1) is 26.9. The van der Waals surface area contributed by atoms with E-state index in [0.717, 1.165) is 18.8 Å². The van der Waals surface area contributed by atoms with Crippen molar-refractivity contribution in [2.45, 2.75) is 12.5 Å². The molecule has 39 heavy (non-hydrogen) atoms. The van der Waals surface area contributed by atoms with Crippen LogP contribution in [0.4, 0.5) is 11.4 Å². The third-order valence-corrected chi connectivity index (χ3v) is 7.40. The molecule has 2 aliphatic rings. The molecule has 0 aliphatic carbocycles. The Labute approximate surface area is 235 Å². The predicted molar refractivity (Wildman–Crippen MR) is 149 cm³/mol. The highest BCUT2D eigenvalue weighted by molar-refractivity contribution is 6.31. The van der Waals surface area contributed by atoms with Gasteiger partial charge in [-0.25, -0.2) is 9.69 Å². The molecule has 1 atom stereocenters. The van der Waals surface area contributed by atoms with Crippen LogP contribution in [0.3, 0.4) is 0 Å². The van der Waals surface area contributed by atoms with Crippen molar-refractivity contribution in [3.8, 4) is 0 Å². The lowest BCUT2D eigenvalue weighted by Crippen LogP contribution is -2.52. The van der Waals surface area contributed by atoms with Crippen molar-refractivity contribution in [2.24, 2.45) is 0 Å². The van der Waals surface area contributed by atoms with Crippen LogP contribution in [0.15, 0.2) is 72.8 Å². The van der Waals surface area contributed by atoms with E-state index in [2.05, 4.69) is 4.90 Å². The van der Waals surface area contributed by atoms with Crippen LogP contribution < -0.4 is 9.80 Å². The van der Waals surface area contributed by atoms with E-state index in [9.17, 15) is 19.2 Å². The Morgan fingerprint density at radius 1 is 0.795 bits per heavy atom. The van der Waals surface area contributed by atoms with Gasteiger partial charge in [-0.3, -0.25) is 19.3 Å². The van der Waals surface area contributed by atoms with Gasteiger partial charge in [-0.15, -0.1) is 0 Å². The molecule has 0 radical (unpaired) electrons. The van der Waals surface area contributed by atoms with Crippen LogP contribution >= 0.6 is 23.2 Å². The third kappa shape index (κ3) is 5.98. The molecule has 2 saturated heterocycles. The summed E-state index contributed by atoms with van der Waals surface area (Å²) >= 11 is 12.0. The molecule has 3 aromatic rings.